The van der Waals surface area contributed by atoms with Crippen LogP contribution in [0.4, 0.5) is 5.69 Å². The number of anilines is 1. The third-order valence-electron chi connectivity index (χ3n) is 9.44. The summed E-state index contributed by atoms with van der Waals surface area (Å²) in [5.74, 6) is -0.311. The first kappa shape index (κ1) is 34.0. The number of rotatable bonds is 13. The van der Waals surface area contributed by atoms with E-state index in [0.717, 1.165) is 67.7 Å². The molecule has 0 saturated carbocycles. The van der Waals surface area contributed by atoms with Gasteiger partial charge in [0.25, 0.3) is 0 Å². The second-order valence-corrected chi connectivity index (χ2v) is 14.5. The van der Waals surface area contributed by atoms with Gasteiger partial charge in [-0.2, -0.15) is 0 Å². The van der Waals surface area contributed by atoms with Gasteiger partial charge in [-0.1, -0.05) is 137 Å². The third-order valence-corrected chi connectivity index (χ3v) is 9.44. The van der Waals surface area contributed by atoms with Gasteiger partial charge in [-0.15, -0.1) is 0 Å². The highest BCUT2D eigenvalue weighted by Crippen LogP contribution is 2.48. The Labute approximate surface area is 283 Å². The van der Waals surface area contributed by atoms with Crippen molar-refractivity contribution in [1.82, 2.24) is 4.90 Å². The van der Waals surface area contributed by atoms with E-state index in [2.05, 4.69) is 167 Å². The van der Waals surface area contributed by atoms with Crippen LogP contribution in [0.15, 0.2) is 127 Å². The topological polar surface area (TPSA) is 32.8 Å². The summed E-state index contributed by atoms with van der Waals surface area (Å²) in [4.78, 5) is 19.1. The molecule has 0 unspecified atom stereocenters. The highest BCUT2D eigenvalue weighted by Gasteiger charge is 2.46. The first-order valence-electron chi connectivity index (χ1n) is 17.2. The summed E-state index contributed by atoms with van der Waals surface area (Å²) in [5, 5.41) is 0. The zero-order valence-electron chi connectivity index (χ0n) is 29.2. The molecule has 47 heavy (non-hydrogen) atoms. The molecule has 4 aromatic carbocycles. The van der Waals surface area contributed by atoms with Crippen molar-refractivity contribution in [2.75, 3.05) is 19.0 Å². The van der Waals surface area contributed by atoms with Gasteiger partial charge in [-0.3, -0.25) is 0 Å². The first-order valence-corrected chi connectivity index (χ1v) is 17.2. The number of hydrogen-bond donors (Lipinski definition) is 0. The molecule has 246 valence electrons. The lowest BCUT2D eigenvalue weighted by Gasteiger charge is -2.44. The van der Waals surface area contributed by atoms with Crippen molar-refractivity contribution < 1.29 is 9.53 Å². The number of aryl methyl sites for hydroxylation is 1. The molecular weight excluding hydrogens is 576 g/mol. The van der Waals surface area contributed by atoms with E-state index in [1.807, 2.05) is 0 Å². The van der Waals surface area contributed by atoms with Gasteiger partial charge >= 0.3 is 5.97 Å². The Bertz CT molecular complexity index is 1580. The largest absolute Gasteiger partial charge is 0.455 e. The van der Waals surface area contributed by atoms with E-state index in [1.165, 1.54) is 16.7 Å². The molecule has 1 heterocycles. The summed E-state index contributed by atoms with van der Waals surface area (Å²) in [6.07, 6.45) is 4.22. The minimum Gasteiger partial charge on any atom is -0.455 e. The molecule has 1 aliphatic heterocycles. The number of carbonyl (C=O) groups excluding carboxylic acids is 1. The van der Waals surface area contributed by atoms with E-state index in [4.69, 9.17) is 4.74 Å². The van der Waals surface area contributed by atoms with Gasteiger partial charge < -0.3 is 14.5 Å². The maximum atomic E-state index is 14.5. The van der Waals surface area contributed by atoms with E-state index < -0.39 is 5.60 Å². The average molecular weight is 629 g/mol. The Morgan fingerprint density at radius 2 is 1.30 bits per heavy atom. The smallest absolute Gasteiger partial charge is 0.336 e. The van der Waals surface area contributed by atoms with Gasteiger partial charge in [0.2, 0.25) is 0 Å². The molecular formula is C43H52N2O2. The number of esters is 1. The van der Waals surface area contributed by atoms with Crippen molar-refractivity contribution in [3.05, 3.63) is 149 Å². The molecule has 1 aliphatic rings. The molecule has 4 nitrogen and oxygen atoms in total. The van der Waals surface area contributed by atoms with Crippen LogP contribution >= 0.6 is 0 Å². The van der Waals surface area contributed by atoms with Gasteiger partial charge in [0.15, 0.2) is 0 Å². The zero-order valence-corrected chi connectivity index (χ0v) is 29.2. The van der Waals surface area contributed by atoms with E-state index in [1.54, 1.807) is 0 Å². The summed E-state index contributed by atoms with van der Waals surface area (Å²) in [5.41, 5.74) is 7.23. The number of carbonyl (C=O) groups is 1. The standard InChI is InChI=1S/C43H52N2O2/c1-7-27-43(28-26-33-18-11-8-12-19-33)30-38(44(5)6)39(41(46)47-43)40(42(2,3)4)36-24-17-25-37(29-36)45(31-34-20-13-9-14-21-34)32-35-22-15-10-16-23-35/h8-25,29,40H,7,26-28,30-32H2,1-6H3/t40-,43+/m1/s1. The Morgan fingerprint density at radius 3 is 1.81 bits per heavy atom. The number of hydrogen-bond acceptors (Lipinski definition) is 4. The number of nitrogens with zero attached hydrogens (tertiary/aromatic N) is 2. The lowest BCUT2D eigenvalue weighted by molar-refractivity contribution is -0.161. The molecule has 0 N–H and O–H groups in total. The lowest BCUT2D eigenvalue weighted by Crippen LogP contribution is -2.45. The monoisotopic (exact) mass is 628 g/mol. The molecule has 2 atom stereocenters. The van der Waals surface area contributed by atoms with Crippen LogP contribution in [0.25, 0.3) is 0 Å². The highest BCUT2D eigenvalue weighted by molar-refractivity contribution is 5.92. The van der Waals surface area contributed by atoms with Crippen LogP contribution in [-0.4, -0.2) is 30.6 Å². The van der Waals surface area contributed by atoms with Gasteiger partial charge in [0.1, 0.15) is 5.60 Å². The fourth-order valence-electron chi connectivity index (χ4n) is 7.21. The molecule has 0 bridgehead atoms. The van der Waals surface area contributed by atoms with Crippen LogP contribution in [-0.2, 0) is 29.0 Å². The van der Waals surface area contributed by atoms with E-state index in [0.29, 0.717) is 0 Å². The highest BCUT2D eigenvalue weighted by atomic mass is 16.6. The molecule has 0 aromatic heterocycles. The third kappa shape index (κ3) is 8.54. The second-order valence-electron chi connectivity index (χ2n) is 14.5. The van der Waals surface area contributed by atoms with Crippen molar-refractivity contribution in [3.8, 4) is 0 Å². The molecule has 5 rings (SSSR count). The van der Waals surface area contributed by atoms with Crippen molar-refractivity contribution in [2.24, 2.45) is 5.41 Å². The molecule has 4 aromatic rings. The van der Waals surface area contributed by atoms with Crippen LogP contribution in [0.1, 0.15) is 81.5 Å². The summed E-state index contributed by atoms with van der Waals surface area (Å²) in [7, 11) is 4.17. The molecule has 4 heteroatoms. The van der Waals surface area contributed by atoms with Crippen LogP contribution in [0.5, 0.6) is 0 Å². The van der Waals surface area contributed by atoms with Crippen LogP contribution in [0.2, 0.25) is 0 Å². The lowest BCUT2D eigenvalue weighted by atomic mass is 9.69. The molecule has 0 saturated heterocycles. The van der Waals surface area contributed by atoms with Crippen LogP contribution in [0, 0.1) is 5.41 Å². The van der Waals surface area contributed by atoms with Crippen molar-refractivity contribution in [3.63, 3.8) is 0 Å². The van der Waals surface area contributed by atoms with Crippen molar-refractivity contribution in [1.29, 1.82) is 0 Å². The fraction of sp³-hybridized carbons (Fsp3) is 0.372. The predicted molar refractivity (Wildman–Crippen MR) is 195 cm³/mol. The summed E-state index contributed by atoms with van der Waals surface area (Å²) in [6, 6.07) is 40.7. The van der Waals surface area contributed by atoms with E-state index in [-0.39, 0.29) is 17.3 Å². The molecule has 0 amide bonds. The Balaban J connectivity index is 1.54. The number of benzene rings is 4. The average Bonchev–Trinajstić information content (AvgIpc) is 3.06. The van der Waals surface area contributed by atoms with Crippen LogP contribution in [0.3, 0.4) is 0 Å². The molecule has 0 spiro atoms. The minimum absolute atomic E-state index is 0.142. The van der Waals surface area contributed by atoms with Crippen molar-refractivity contribution in [2.45, 2.75) is 84.4 Å². The molecule has 0 radical (unpaired) electrons. The molecule has 0 fully saturated rings. The van der Waals surface area contributed by atoms with Gasteiger partial charge in [-0.05, 0) is 59.1 Å². The Kier molecular flexibility index (Phi) is 10.9. The van der Waals surface area contributed by atoms with Gasteiger partial charge in [0, 0.05) is 50.9 Å². The predicted octanol–water partition coefficient (Wildman–Crippen LogP) is 9.96. The zero-order chi connectivity index (χ0) is 33.4. The normalized spacial score (nSPS) is 17.3. The second kappa shape index (κ2) is 15.1. The van der Waals surface area contributed by atoms with Gasteiger partial charge in [-0.25, -0.2) is 4.79 Å². The maximum Gasteiger partial charge on any atom is 0.336 e. The summed E-state index contributed by atoms with van der Waals surface area (Å²) >= 11 is 0. The SMILES string of the molecule is CCC[C@]1(CCc2ccccc2)CC(N(C)C)=C([C@@H](c2cccc(N(Cc3ccccc3)Cc3ccccc3)c2)C(C)(C)C)C(=O)O1. The van der Waals surface area contributed by atoms with Gasteiger partial charge in [0.05, 0.1) is 5.57 Å². The summed E-state index contributed by atoms with van der Waals surface area (Å²) in [6.45, 7) is 10.5. The quantitative estimate of drug-likeness (QED) is 0.138. The Hall–Kier alpha value is -4.31. The number of ether oxygens (including phenoxy) is 1. The maximum absolute atomic E-state index is 14.5. The minimum atomic E-state index is -0.517. The fourth-order valence-corrected chi connectivity index (χ4v) is 7.21. The summed E-state index contributed by atoms with van der Waals surface area (Å²) < 4.78 is 6.63. The Morgan fingerprint density at radius 1 is 0.745 bits per heavy atom. The molecule has 0 aliphatic carbocycles. The first-order chi connectivity index (χ1) is 22.6. The van der Waals surface area contributed by atoms with E-state index in [9.17, 15) is 4.79 Å². The van der Waals surface area contributed by atoms with E-state index >= 15 is 0 Å². The number of cyclic esters (lactones) is 1. The van der Waals surface area contributed by atoms with Crippen molar-refractivity contribution >= 4 is 11.7 Å². The van der Waals surface area contributed by atoms with Crippen LogP contribution < -0.4 is 4.90 Å².